The first-order valence-electron chi connectivity index (χ1n) is 10.5. The van der Waals surface area contributed by atoms with Crippen molar-refractivity contribution < 1.29 is 9.59 Å². The molecule has 1 aliphatic heterocycles. The van der Waals surface area contributed by atoms with E-state index in [0.29, 0.717) is 31.7 Å². The van der Waals surface area contributed by atoms with Crippen LogP contribution in [-0.2, 0) is 6.54 Å². The maximum atomic E-state index is 12.6. The van der Waals surface area contributed by atoms with Crippen LogP contribution in [0.5, 0.6) is 0 Å². The number of nitrogens with zero attached hydrogens (tertiary/aromatic N) is 3. The van der Waals surface area contributed by atoms with Gasteiger partial charge in [0.25, 0.3) is 5.91 Å². The Morgan fingerprint density at radius 3 is 2.45 bits per heavy atom. The maximum Gasteiger partial charge on any atom is 0.317 e. The molecule has 0 spiro atoms. The molecule has 1 fully saturated rings. The number of benzene rings is 2. The van der Waals surface area contributed by atoms with Crippen molar-refractivity contribution in [2.75, 3.05) is 58.3 Å². The van der Waals surface area contributed by atoms with Crippen molar-refractivity contribution in [2.24, 2.45) is 0 Å². The van der Waals surface area contributed by atoms with Gasteiger partial charge < -0.3 is 25.3 Å². The standard InChI is InChI=1S/C23H30ClN5O2/c1-27(2)11-10-25-22(30)19-7-5-6-18(16-19)17-26-23(31)29-14-12-28(13-15-29)21-9-4-3-8-20(21)24/h3-9,16H,10-15,17H2,1-2H3,(H,25,30)(H,26,31). The Bertz CT molecular complexity index is 897. The summed E-state index contributed by atoms with van der Waals surface area (Å²) in [6.45, 7) is 4.48. The number of urea groups is 1. The smallest absolute Gasteiger partial charge is 0.317 e. The number of hydrogen-bond acceptors (Lipinski definition) is 4. The Balaban J connectivity index is 1.47. The summed E-state index contributed by atoms with van der Waals surface area (Å²) in [5, 5.41) is 6.60. The van der Waals surface area contributed by atoms with Gasteiger partial charge >= 0.3 is 6.03 Å². The minimum atomic E-state index is -0.106. The molecular formula is C23H30ClN5O2. The van der Waals surface area contributed by atoms with E-state index in [4.69, 9.17) is 11.6 Å². The molecule has 2 aromatic carbocycles. The van der Waals surface area contributed by atoms with E-state index in [1.54, 1.807) is 6.07 Å². The molecule has 0 bridgehead atoms. The molecule has 7 nitrogen and oxygen atoms in total. The third kappa shape index (κ3) is 6.60. The van der Waals surface area contributed by atoms with Crippen molar-refractivity contribution in [1.29, 1.82) is 0 Å². The molecular weight excluding hydrogens is 414 g/mol. The minimum absolute atomic E-state index is 0.0975. The summed E-state index contributed by atoms with van der Waals surface area (Å²) in [5.74, 6) is -0.106. The molecule has 0 saturated carbocycles. The van der Waals surface area contributed by atoms with Crippen molar-refractivity contribution in [3.63, 3.8) is 0 Å². The summed E-state index contributed by atoms with van der Waals surface area (Å²) in [5.41, 5.74) is 2.49. The van der Waals surface area contributed by atoms with Gasteiger partial charge in [-0.1, -0.05) is 35.9 Å². The lowest BCUT2D eigenvalue weighted by Gasteiger charge is -2.36. The van der Waals surface area contributed by atoms with Crippen LogP contribution in [0.3, 0.4) is 0 Å². The largest absolute Gasteiger partial charge is 0.367 e. The molecule has 1 heterocycles. The fourth-order valence-corrected chi connectivity index (χ4v) is 3.72. The first-order valence-corrected chi connectivity index (χ1v) is 10.9. The molecule has 3 amide bonds. The Morgan fingerprint density at radius 2 is 1.74 bits per heavy atom. The lowest BCUT2D eigenvalue weighted by atomic mass is 10.1. The summed E-state index contributed by atoms with van der Waals surface area (Å²) in [6, 6.07) is 15.0. The lowest BCUT2D eigenvalue weighted by Crippen LogP contribution is -2.51. The van der Waals surface area contributed by atoms with Crippen molar-refractivity contribution in [3.05, 3.63) is 64.7 Å². The van der Waals surface area contributed by atoms with Crippen LogP contribution in [0.1, 0.15) is 15.9 Å². The molecule has 2 aromatic rings. The summed E-state index contributed by atoms with van der Waals surface area (Å²) in [6.07, 6.45) is 0. The highest BCUT2D eigenvalue weighted by Crippen LogP contribution is 2.26. The first-order chi connectivity index (χ1) is 14.9. The van der Waals surface area contributed by atoms with Crippen LogP contribution >= 0.6 is 11.6 Å². The number of para-hydroxylation sites is 1. The number of carbonyl (C=O) groups excluding carboxylic acids is 2. The van der Waals surface area contributed by atoms with E-state index in [0.717, 1.165) is 35.9 Å². The number of anilines is 1. The highest BCUT2D eigenvalue weighted by molar-refractivity contribution is 6.33. The molecule has 166 valence electrons. The molecule has 8 heteroatoms. The number of carbonyl (C=O) groups is 2. The zero-order chi connectivity index (χ0) is 22.2. The van der Waals surface area contributed by atoms with Gasteiger partial charge in [0.15, 0.2) is 0 Å². The minimum Gasteiger partial charge on any atom is -0.367 e. The van der Waals surface area contributed by atoms with Gasteiger partial charge in [-0.15, -0.1) is 0 Å². The van der Waals surface area contributed by atoms with Gasteiger partial charge in [0.1, 0.15) is 0 Å². The topological polar surface area (TPSA) is 67.9 Å². The number of piperazine rings is 1. The molecule has 2 N–H and O–H groups in total. The molecule has 3 rings (SSSR count). The average molecular weight is 444 g/mol. The van der Waals surface area contributed by atoms with Crippen molar-refractivity contribution in [3.8, 4) is 0 Å². The van der Waals surface area contributed by atoms with Gasteiger partial charge in [-0.2, -0.15) is 0 Å². The second-order valence-electron chi connectivity index (χ2n) is 7.84. The predicted molar refractivity (Wildman–Crippen MR) is 125 cm³/mol. The fourth-order valence-electron chi connectivity index (χ4n) is 3.47. The number of hydrogen-bond donors (Lipinski definition) is 2. The van der Waals surface area contributed by atoms with E-state index in [1.165, 1.54) is 0 Å². The van der Waals surface area contributed by atoms with Gasteiger partial charge in [-0.3, -0.25) is 4.79 Å². The molecule has 1 aliphatic rings. The molecule has 0 radical (unpaired) electrons. The van der Waals surface area contributed by atoms with Crippen LogP contribution in [0.15, 0.2) is 48.5 Å². The summed E-state index contributed by atoms with van der Waals surface area (Å²) < 4.78 is 0. The third-order valence-corrected chi connectivity index (χ3v) is 5.56. The molecule has 0 unspecified atom stereocenters. The van der Waals surface area contributed by atoms with E-state index < -0.39 is 0 Å². The van der Waals surface area contributed by atoms with Crippen molar-refractivity contribution >= 4 is 29.2 Å². The number of likely N-dealkylation sites (N-methyl/N-ethyl adjacent to an activating group) is 1. The van der Waals surface area contributed by atoms with Gasteiger partial charge in [-0.05, 0) is 43.9 Å². The van der Waals surface area contributed by atoms with Gasteiger partial charge in [0.2, 0.25) is 0 Å². The zero-order valence-corrected chi connectivity index (χ0v) is 18.9. The van der Waals surface area contributed by atoms with E-state index in [1.807, 2.05) is 66.4 Å². The van der Waals surface area contributed by atoms with E-state index in [9.17, 15) is 9.59 Å². The van der Waals surface area contributed by atoms with Gasteiger partial charge in [-0.25, -0.2) is 4.79 Å². The van der Waals surface area contributed by atoms with Crippen LogP contribution < -0.4 is 15.5 Å². The molecule has 31 heavy (non-hydrogen) atoms. The zero-order valence-electron chi connectivity index (χ0n) is 18.1. The van der Waals surface area contributed by atoms with E-state index in [2.05, 4.69) is 15.5 Å². The SMILES string of the molecule is CN(C)CCNC(=O)c1cccc(CNC(=O)N2CCN(c3ccccc3Cl)CC2)c1. The normalized spacial score (nSPS) is 13.9. The average Bonchev–Trinajstić information content (AvgIpc) is 2.78. The monoisotopic (exact) mass is 443 g/mol. The first kappa shape index (κ1) is 22.9. The predicted octanol–water partition coefficient (Wildman–Crippen LogP) is 2.66. The number of halogens is 1. The Hall–Kier alpha value is -2.77. The molecule has 0 aliphatic carbocycles. The van der Waals surface area contributed by atoms with Gasteiger partial charge in [0.05, 0.1) is 10.7 Å². The quantitative estimate of drug-likeness (QED) is 0.690. The lowest BCUT2D eigenvalue weighted by molar-refractivity contribution is 0.0951. The van der Waals surface area contributed by atoms with E-state index in [-0.39, 0.29) is 11.9 Å². The molecule has 0 atom stereocenters. The maximum absolute atomic E-state index is 12.6. The number of rotatable bonds is 7. The Labute approximate surface area is 189 Å². The second-order valence-corrected chi connectivity index (χ2v) is 8.25. The van der Waals surface area contributed by atoms with Crippen LogP contribution in [-0.4, -0.2) is 75.1 Å². The summed E-state index contributed by atoms with van der Waals surface area (Å²) in [7, 11) is 3.93. The van der Waals surface area contributed by atoms with Gasteiger partial charge in [0, 0.05) is 51.4 Å². The highest BCUT2D eigenvalue weighted by atomic mass is 35.5. The van der Waals surface area contributed by atoms with E-state index >= 15 is 0 Å². The summed E-state index contributed by atoms with van der Waals surface area (Å²) in [4.78, 5) is 30.9. The third-order valence-electron chi connectivity index (χ3n) is 5.24. The molecule has 1 saturated heterocycles. The van der Waals surface area contributed by atoms with Crippen molar-refractivity contribution in [2.45, 2.75) is 6.54 Å². The van der Waals surface area contributed by atoms with Crippen LogP contribution in [0.25, 0.3) is 0 Å². The Morgan fingerprint density at radius 1 is 1.00 bits per heavy atom. The highest BCUT2D eigenvalue weighted by Gasteiger charge is 2.22. The fraction of sp³-hybridized carbons (Fsp3) is 0.391. The summed E-state index contributed by atoms with van der Waals surface area (Å²) >= 11 is 6.29. The molecule has 0 aromatic heterocycles. The van der Waals surface area contributed by atoms with Crippen LogP contribution in [0, 0.1) is 0 Å². The van der Waals surface area contributed by atoms with Crippen molar-refractivity contribution in [1.82, 2.24) is 20.4 Å². The Kier molecular flexibility index (Phi) is 8.14. The number of amides is 3. The van der Waals surface area contributed by atoms with Crippen LogP contribution in [0.4, 0.5) is 10.5 Å². The second kappa shape index (κ2) is 11.0. The van der Waals surface area contributed by atoms with Crippen LogP contribution in [0.2, 0.25) is 5.02 Å². The number of nitrogens with one attached hydrogen (secondary N) is 2.